The van der Waals surface area contributed by atoms with Gasteiger partial charge in [0.1, 0.15) is 18.2 Å². The maximum Gasteiger partial charge on any atom is 0.412 e. The lowest BCUT2D eigenvalue weighted by molar-refractivity contribution is 0.187. The highest BCUT2D eigenvalue weighted by atomic mass is 16.5. The van der Waals surface area contributed by atoms with Gasteiger partial charge in [0.05, 0.1) is 18.5 Å². The Balaban J connectivity index is 2.12. The molecule has 7 nitrogen and oxygen atoms in total. The van der Waals surface area contributed by atoms with Crippen molar-refractivity contribution in [3.8, 4) is 17.0 Å². The van der Waals surface area contributed by atoms with E-state index in [4.69, 9.17) is 10.5 Å². The second kappa shape index (κ2) is 8.81. The average molecular weight is 372 g/mol. The normalized spacial score (nSPS) is 13.1. The predicted molar refractivity (Wildman–Crippen MR) is 106 cm³/mol. The summed E-state index contributed by atoms with van der Waals surface area (Å²) in [4.78, 5) is 20.0. The van der Waals surface area contributed by atoms with Crippen LogP contribution in [0.1, 0.15) is 32.9 Å². The number of carbonyl (C=O) groups is 1. The van der Waals surface area contributed by atoms with E-state index in [0.717, 1.165) is 23.4 Å². The Labute approximate surface area is 160 Å². The smallest absolute Gasteiger partial charge is 0.412 e. The third-order valence-corrected chi connectivity index (χ3v) is 3.94. The summed E-state index contributed by atoms with van der Waals surface area (Å²) in [5.74, 6) is 1.61. The summed E-state index contributed by atoms with van der Waals surface area (Å²) in [7, 11) is 1.30. The van der Waals surface area contributed by atoms with Gasteiger partial charge >= 0.3 is 6.09 Å². The van der Waals surface area contributed by atoms with Crippen molar-refractivity contribution in [1.82, 2.24) is 9.97 Å². The van der Waals surface area contributed by atoms with Gasteiger partial charge in [0.15, 0.2) is 0 Å². The Morgan fingerprint density at radius 3 is 2.70 bits per heavy atom. The number of nitrogens with zero attached hydrogens (tertiary/aromatic N) is 2. The van der Waals surface area contributed by atoms with E-state index < -0.39 is 11.6 Å². The van der Waals surface area contributed by atoms with E-state index in [2.05, 4.69) is 33.9 Å². The lowest BCUT2D eigenvalue weighted by Gasteiger charge is -2.27. The van der Waals surface area contributed by atoms with Crippen LogP contribution in [0.2, 0.25) is 0 Å². The Bertz CT molecular complexity index is 791. The number of nitrogens with one attached hydrogen (secondary N) is 1. The van der Waals surface area contributed by atoms with Crippen LogP contribution in [0.5, 0.6) is 5.75 Å². The van der Waals surface area contributed by atoms with Crippen LogP contribution in [0.3, 0.4) is 0 Å². The molecule has 0 spiro atoms. The Hall–Kier alpha value is -2.67. The molecule has 0 radical (unpaired) electrons. The summed E-state index contributed by atoms with van der Waals surface area (Å²) >= 11 is 0. The summed E-state index contributed by atoms with van der Waals surface area (Å²) < 4.78 is 10.5. The molecule has 0 aliphatic heterocycles. The number of amides is 1. The summed E-state index contributed by atoms with van der Waals surface area (Å²) in [5.41, 5.74) is 8.27. The first-order chi connectivity index (χ1) is 12.7. The molecule has 0 aliphatic rings. The van der Waals surface area contributed by atoms with Gasteiger partial charge in [-0.25, -0.2) is 14.8 Å². The van der Waals surface area contributed by atoms with E-state index in [1.807, 2.05) is 32.0 Å². The number of rotatable bonds is 7. The van der Waals surface area contributed by atoms with Gasteiger partial charge in [-0.15, -0.1) is 0 Å². The lowest BCUT2D eigenvalue weighted by atomic mass is 9.93. The molecule has 2 rings (SSSR count). The van der Waals surface area contributed by atoms with Crippen molar-refractivity contribution >= 4 is 11.9 Å². The van der Waals surface area contributed by atoms with Gasteiger partial charge < -0.3 is 15.2 Å². The molecule has 0 bridgehead atoms. The number of anilines is 1. The predicted octanol–water partition coefficient (Wildman–Crippen LogP) is 3.77. The molecule has 146 valence electrons. The van der Waals surface area contributed by atoms with Crippen molar-refractivity contribution < 1.29 is 14.3 Å². The van der Waals surface area contributed by atoms with E-state index in [1.165, 1.54) is 7.11 Å². The van der Waals surface area contributed by atoms with E-state index in [9.17, 15) is 4.79 Å². The molecule has 0 saturated carbocycles. The zero-order valence-corrected chi connectivity index (χ0v) is 16.6. The average Bonchev–Trinajstić information content (AvgIpc) is 2.59. The van der Waals surface area contributed by atoms with Crippen LogP contribution >= 0.6 is 0 Å². The molecular weight excluding hydrogens is 344 g/mol. The topological polar surface area (TPSA) is 99.4 Å². The van der Waals surface area contributed by atoms with Crippen LogP contribution in [0.4, 0.5) is 10.6 Å². The second-order valence-corrected chi connectivity index (χ2v) is 7.37. The molecule has 0 fully saturated rings. The molecule has 0 unspecified atom stereocenters. The van der Waals surface area contributed by atoms with Crippen LogP contribution in [0.25, 0.3) is 11.3 Å². The van der Waals surface area contributed by atoms with Crippen LogP contribution in [0, 0.1) is 12.8 Å². The third kappa shape index (κ3) is 6.21. The highest BCUT2D eigenvalue weighted by Gasteiger charge is 2.21. The van der Waals surface area contributed by atoms with Gasteiger partial charge in [0.2, 0.25) is 0 Å². The fourth-order valence-electron chi connectivity index (χ4n) is 2.91. The molecular formula is C20H28N4O3. The van der Waals surface area contributed by atoms with E-state index in [0.29, 0.717) is 24.1 Å². The summed E-state index contributed by atoms with van der Waals surface area (Å²) in [6.07, 6.45) is 1.91. The fraction of sp³-hybridized carbons (Fsp3) is 0.450. The largest absolute Gasteiger partial charge is 0.490 e. The maximum atomic E-state index is 11.3. The molecule has 7 heteroatoms. The molecule has 3 N–H and O–H groups in total. The molecule has 2 heterocycles. The number of methoxy groups -OCH3 is 1. The van der Waals surface area contributed by atoms with Crippen LogP contribution < -0.4 is 15.8 Å². The first kappa shape index (κ1) is 20.6. The number of aromatic nitrogens is 2. The van der Waals surface area contributed by atoms with Gasteiger partial charge in [0, 0.05) is 17.3 Å². The van der Waals surface area contributed by atoms with Crippen molar-refractivity contribution in [2.75, 3.05) is 19.0 Å². The first-order valence-electron chi connectivity index (χ1n) is 8.91. The number of ether oxygens (including phenoxy) is 2. The van der Waals surface area contributed by atoms with Gasteiger partial charge in [-0.05, 0) is 50.5 Å². The zero-order valence-electron chi connectivity index (χ0n) is 16.6. The van der Waals surface area contributed by atoms with Crippen LogP contribution in [-0.4, -0.2) is 35.3 Å². The van der Waals surface area contributed by atoms with Gasteiger partial charge in [0.25, 0.3) is 0 Å². The minimum atomic E-state index is -0.571. The number of hydrogen-bond acceptors (Lipinski definition) is 6. The molecule has 2 aromatic rings. The highest BCUT2D eigenvalue weighted by molar-refractivity contribution is 5.84. The van der Waals surface area contributed by atoms with Crippen molar-refractivity contribution in [3.63, 3.8) is 0 Å². The van der Waals surface area contributed by atoms with Crippen molar-refractivity contribution in [2.45, 2.75) is 39.7 Å². The summed E-state index contributed by atoms with van der Waals surface area (Å²) in [6.45, 7) is 8.60. The van der Waals surface area contributed by atoms with Crippen molar-refractivity contribution in [2.24, 2.45) is 11.7 Å². The second-order valence-electron chi connectivity index (χ2n) is 7.37. The van der Waals surface area contributed by atoms with E-state index >= 15 is 0 Å². The molecule has 0 aliphatic carbocycles. The monoisotopic (exact) mass is 372 g/mol. The van der Waals surface area contributed by atoms with Crippen molar-refractivity contribution in [3.05, 3.63) is 36.2 Å². The number of hydrogen-bond donors (Lipinski definition) is 2. The molecule has 2 aromatic heterocycles. The molecule has 0 saturated heterocycles. The number of carbonyl (C=O) groups excluding carboxylic acids is 1. The highest BCUT2D eigenvalue weighted by Crippen LogP contribution is 2.25. The SMILES string of the molecule is COC(=O)Nc1cc(-c2ccc(OC[C@](C)(N)CC(C)C)c(C)n2)ccn1. The van der Waals surface area contributed by atoms with Crippen LogP contribution in [0.15, 0.2) is 30.5 Å². The quantitative estimate of drug-likeness (QED) is 0.767. The molecule has 1 amide bonds. The van der Waals surface area contributed by atoms with Crippen LogP contribution in [-0.2, 0) is 4.74 Å². The number of nitrogens with two attached hydrogens (primary N) is 1. The molecule has 1 atom stereocenters. The fourth-order valence-corrected chi connectivity index (χ4v) is 2.91. The zero-order chi connectivity index (χ0) is 20.0. The minimum absolute atomic E-state index is 0.390. The third-order valence-electron chi connectivity index (χ3n) is 3.94. The van der Waals surface area contributed by atoms with Gasteiger partial charge in [-0.2, -0.15) is 0 Å². The first-order valence-corrected chi connectivity index (χ1v) is 8.91. The minimum Gasteiger partial charge on any atom is -0.490 e. The van der Waals surface area contributed by atoms with Gasteiger partial charge in [-0.1, -0.05) is 13.8 Å². The molecule has 0 aromatic carbocycles. The number of pyridine rings is 2. The molecule has 27 heavy (non-hydrogen) atoms. The number of aryl methyl sites for hydroxylation is 1. The van der Waals surface area contributed by atoms with Crippen molar-refractivity contribution in [1.29, 1.82) is 0 Å². The summed E-state index contributed by atoms with van der Waals surface area (Å²) in [5, 5.41) is 2.54. The Morgan fingerprint density at radius 1 is 1.33 bits per heavy atom. The Morgan fingerprint density at radius 2 is 2.07 bits per heavy atom. The summed E-state index contributed by atoms with van der Waals surface area (Å²) in [6, 6.07) is 7.32. The lowest BCUT2D eigenvalue weighted by Crippen LogP contribution is -2.43. The Kier molecular flexibility index (Phi) is 6.74. The van der Waals surface area contributed by atoms with E-state index in [1.54, 1.807) is 12.3 Å². The van der Waals surface area contributed by atoms with E-state index in [-0.39, 0.29) is 0 Å². The maximum absolute atomic E-state index is 11.3. The standard InChI is InChI=1S/C20H28N4O3/c1-13(2)11-20(4,21)12-27-17-7-6-16(23-14(17)3)15-8-9-22-18(10-15)24-19(25)26-5/h6-10,13H,11-12,21H2,1-5H3,(H,22,24,25)/t20-/m1/s1. The van der Waals surface area contributed by atoms with Gasteiger partial charge in [-0.3, -0.25) is 5.32 Å².